The molecule has 0 bridgehead atoms. The first-order valence-corrected chi connectivity index (χ1v) is 30.9. The van der Waals surface area contributed by atoms with Crippen molar-refractivity contribution < 1.29 is 138 Å². The van der Waals surface area contributed by atoms with Gasteiger partial charge in [-0.15, -0.1) is 0 Å². The Morgan fingerprint density at radius 3 is 1.83 bits per heavy atom. The first kappa shape index (κ1) is 69.9. The Kier molecular flexibility index (Phi) is 20.5. The van der Waals surface area contributed by atoms with E-state index < -0.39 is 230 Å². The van der Waals surface area contributed by atoms with Crippen LogP contribution in [0.25, 0.3) is 0 Å². The van der Waals surface area contributed by atoms with Crippen molar-refractivity contribution in [3.63, 3.8) is 0 Å². The molecule has 28 nitrogen and oxygen atoms in total. The number of ether oxygens (including phenoxy) is 11. The third-order valence-electron chi connectivity index (χ3n) is 22.7. The number of hydrogen-bond acceptors (Lipinski definition) is 27. The number of aliphatic hydroxyl groups excluding tert-OH is 12. The van der Waals surface area contributed by atoms with E-state index in [-0.39, 0.29) is 24.7 Å². The van der Waals surface area contributed by atoms with E-state index in [1.807, 2.05) is 20.8 Å². The van der Waals surface area contributed by atoms with Gasteiger partial charge in [0.25, 0.3) is 0 Å². The summed E-state index contributed by atoms with van der Waals surface area (Å²) in [7, 11) is 0. The Balaban J connectivity index is 1.07. The second kappa shape index (κ2) is 26.0. The number of rotatable bonds is 16. The first-order valence-electron chi connectivity index (χ1n) is 30.9. The molecule has 4 aliphatic heterocycles. The van der Waals surface area contributed by atoms with Crippen LogP contribution >= 0.6 is 0 Å². The van der Waals surface area contributed by atoms with Crippen molar-refractivity contribution in [2.24, 2.45) is 50.2 Å². The molecule has 28 heteroatoms. The summed E-state index contributed by atoms with van der Waals surface area (Å²) in [5.74, 6) is -4.80. The molecule has 9 rings (SSSR count). The number of carboxylic acids is 1. The highest BCUT2D eigenvalue weighted by Gasteiger charge is 2.75. The molecule has 0 amide bonds. The summed E-state index contributed by atoms with van der Waals surface area (Å²) in [6.07, 6.45) is -32.6. The number of carbonyl (C=O) groups excluding carboxylic acids is 3. The lowest BCUT2D eigenvalue weighted by Gasteiger charge is -2.72. The van der Waals surface area contributed by atoms with E-state index in [0.29, 0.717) is 37.7 Å². The molecule has 4 heterocycles. The van der Waals surface area contributed by atoms with Gasteiger partial charge in [0.15, 0.2) is 37.4 Å². The summed E-state index contributed by atoms with van der Waals surface area (Å²) in [6.45, 7) is 14.8. The van der Waals surface area contributed by atoms with Gasteiger partial charge in [-0.3, -0.25) is 9.59 Å². The van der Waals surface area contributed by atoms with Crippen LogP contribution in [-0.4, -0.2) is 258 Å². The first-order chi connectivity index (χ1) is 41.6. The highest BCUT2D eigenvalue weighted by molar-refractivity contribution is 5.87. The van der Waals surface area contributed by atoms with Crippen LogP contribution < -0.4 is 0 Å². The van der Waals surface area contributed by atoms with Crippen LogP contribution in [0.5, 0.6) is 0 Å². The van der Waals surface area contributed by atoms with Gasteiger partial charge in [-0.05, 0) is 92.8 Å². The van der Waals surface area contributed by atoms with Crippen molar-refractivity contribution in [3.8, 4) is 0 Å². The molecular formula is C61H94O28. The van der Waals surface area contributed by atoms with Crippen LogP contribution in [0.15, 0.2) is 23.3 Å². The van der Waals surface area contributed by atoms with Crippen molar-refractivity contribution >= 4 is 23.9 Å². The number of aliphatic hydroxyl groups is 12. The third kappa shape index (κ3) is 11.8. The summed E-state index contributed by atoms with van der Waals surface area (Å²) in [4.78, 5) is 53.5. The van der Waals surface area contributed by atoms with E-state index in [4.69, 9.17) is 52.1 Å². The number of hydrogen-bond donors (Lipinski definition) is 13. The zero-order valence-electron chi connectivity index (χ0n) is 52.0. The number of carboxylic acid groups (broad SMARTS) is 1. The fraction of sp³-hybridized carbons (Fsp3) is 0.869. The largest absolute Gasteiger partial charge is 0.479 e. The second-order valence-electron chi connectivity index (χ2n) is 28.0. The molecule has 9 aliphatic rings. The SMILES string of the molecule is C/C=C(/C)C(=O)O[C@H]1[C@H](OC(C)=O)[C@]2(CO)[C@H](OC(C)=O)C[C@]3(C)C(=CC[C@H]4[C@@]5(C)CC[C@H](O[C@@H]6O[C@H](C(=O)O)[C@@H](O)[C@H](O[C@@H]7OC[C@H](O)[C@H](O)[C@H]7O[C@@H]7OC[C@@H](O)[C@H](O)[C@H]7O)[C@H]6O[C@@H]6O[C@H](CO)[C@H](O)[C@H](O)[C@H]6O)[C@@](C)(CO)[C@@H]5CC[C@]43C)[C@@H]2CC1(C)C. The van der Waals surface area contributed by atoms with Gasteiger partial charge in [0.05, 0.1) is 44.6 Å². The molecule has 0 aromatic rings. The van der Waals surface area contributed by atoms with E-state index >= 15 is 0 Å². The minimum atomic E-state index is -2.27. The molecule has 0 radical (unpaired) electrons. The van der Waals surface area contributed by atoms with E-state index in [2.05, 4.69) is 26.8 Å². The van der Waals surface area contributed by atoms with Gasteiger partial charge in [0, 0.05) is 30.3 Å². The molecule has 4 saturated heterocycles. The maximum atomic E-state index is 13.6. The van der Waals surface area contributed by atoms with Crippen LogP contribution in [0, 0.1) is 50.2 Å². The smallest absolute Gasteiger partial charge is 0.335 e. The zero-order chi connectivity index (χ0) is 65.6. The molecule has 0 aromatic heterocycles. The van der Waals surface area contributed by atoms with Crippen molar-refractivity contribution in [3.05, 3.63) is 23.3 Å². The standard InChI is InChI=1S/C61H94O28/c1-11-25(2)51(78)89-48-49(82-27(4)66)61(24-64)29(18-56(48,5)6)28-12-13-34-57(7)16-15-35(58(8,23-63)33(57)14-17-59(34,9)60(28,10)19-36(61)81-26(3)65)84-55-47(88-53-42(74)40(72)39(71)32(20-62)83-53)44(43(75)45(86-55)50(76)77)85-54-46(38(70)31(68)22-80-54)87-52-41(73)37(69)30(67)21-79-52/h11-12,29-49,52-55,62-64,67-75H,13-24H2,1-10H3,(H,76,77)/b25-11-/t29-,30+,31-,32+,33+,34-,35-,36+,37-,38-,39-,40-,41+,42+,43-,44-,45-,46+,47+,48-,49-,52-,53-,54-,55+,57-,58-,59+,60+,61-/m0/s1. The lowest BCUT2D eigenvalue weighted by Crippen LogP contribution is -2.73. The molecule has 0 spiro atoms. The van der Waals surface area contributed by atoms with Gasteiger partial charge in [-0.1, -0.05) is 59.3 Å². The second-order valence-corrected chi connectivity index (χ2v) is 28.0. The van der Waals surface area contributed by atoms with Gasteiger partial charge in [-0.25, -0.2) is 9.59 Å². The summed E-state index contributed by atoms with van der Waals surface area (Å²) in [6, 6.07) is 0. The van der Waals surface area contributed by atoms with Crippen LogP contribution in [0.2, 0.25) is 0 Å². The van der Waals surface area contributed by atoms with E-state index in [9.17, 15) is 85.6 Å². The number of fused-ring (bicyclic) bond motifs is 7. The Hall–Kier alpha value is -3.44. The number of aliphatic carboxylic acids is 1. The molecule has 4 saturated carbocycles. The highest BCUT2D eigenvalue weighted by atomic mass is 16.8. The number of allylic oxidation sites excluding steroid dienone is 3. The van der Waals surface area contributed by atoms with Gasteiger partial charge in [0.1, 0.15) is 91.6 Å². The summed E-state index contributed by atoms with van der Waals surface area (Å²) in [5.41, 5.74) is -4.23. The monoisotopic (exact) mass is 1270 g/mol. The van der Waals surface area contributed by atoms with Gasteiger partial charge >= 0.3 is 23.9 Å². The molecular weight excluding hydrogens is 1180 g/mol. The number of esters is 3. The predicted molar refractivity (Wildman–Crippen MR) is 299 cm³/mol. The fourth-order valence-corrected chi connectivity index (χ4v) is 17.5. The Labute approximate surface area is 515 Å². The van der Waals surface area contributed by atoms with Crippen LogP contribution in [0.1, 0.15) is 114 Å². The average Bonchev–Trinajstić information content (AvgIpc) is 0.669. The van der Waals surface area contributed by atoms with E-state index in [0.717, 1.165) is 5.57 Å². The average molecular weight is 1280 g/mol. The molecule has 8 fully saturated rings. The summed E-state index contributed by atoms with van der Waals surface area (Å²) < 4.78 is 67.3. The topological polar surface area (TPSA) is 433 Å². The van der Waals surface area contributed by atoms with Gasteiger partial charge in [-0.2, -0.15) is 0 Å². The molecule has 13 N–H and O–H groups in total. The quantitative estimate of drug-likeness (QED) is 0.0271. The minimum absolute atomic E-state index is 0.155. The highest BCUT2D eigenvalue weighted by Crippen LogP contribution is 2.76. The predicted octanol–water partition coefficient (Wildman–Crippen LogP) is -1.65. The van der Waals surface area contributed by atoms with Gasteiger partial charge in [0.2, 0.25) is 0 Å². The van der Waals surface area contributed by atoms with Crippen molar-refractivity contribution in [2.45, 2.75) is 249 Å². The molecule has 0 aromatic carbocycles. The Morgan fingerprint density at radius 2 is 1.22 bits per heavy atom. The van der Waals surface area contributed by atoms with Gasteiger partial charge < -0.3 is 118 Å². The van der Waals surface area contributed by atoms with E-state index in [1.54, 1.807) is 19.9 Å². The molecule has 5 aliphatic carbocycles. The third-order valence-corrected chi connectivity index (χ3v) is 22.7. The molecule has 30 atom stereocenters. The molecule has 89 heavy (non-hydrogen) atoms. The molecule has 0 unspecified atom stereocenters. The lowest BCUT2D eigenvalue weighted by atomic mass is 9.33. The Morgan fingerprint density at radius 1 is 0.607 bits per heavy atom. The van der Waals surface area contributed by atoms with Crippen LogP contribution in [0.4, 0.5) is 0 Å². The molecule has 506 valence electrons. The normalized spacial score (nSPS) is 49.8. The van der Waals surface area contributed by atoms with Crippen molar-refractivity contribution in [1.29, 1.82) is 0 Å². The van der Waals surface area contributed by atoms with Crippen molar-refractivity contribution in [1.82, 2.24) is 0 Å². The number of carbonyl (C=O) groups is 4. The summed E-state index contributed by atoms with van der Waals surface area (Å²) >= 11 is 0. The van der Waals surface area contributed by atoms with Crippen molar-refractivity contribution in [2.75, 3.05) is 33.0 Å². The van der Waals surface area contributed by atoms with Crippen LogP contribution in [-0.2, 0) is 71.3 Å². The minimum Gasteiger partial charge on any atom is -0.479 e. The fourth-order valence-electron chi connectivity index (χ4n) is 17.5. The van der Waals surface area contributed by atoms with E-state index in [1.165, 1.54) is 13.8 Å². The summed E-state index contributed by atoms with van der Waals surface area (Å²) in [5, 5.41) is 143. The maximum absolute atomic E-state index is 13.6. The lowest BCUT2D eigenvalue weighted by molar-refractivity contribution is -0.400. The Bertz CT molecular complexity index is 2640. The zero-order valence-corrected chi connectivity index (χ0v) is 52.0. The maximum Gasteiger partial charge on any atom is 0.335 e. The van der Waals surface area contributed by atoms with Crippen LogP contribution in [0.3, 0.4) is 0 Å².